The smallest absolute Gasteiger partial charge is 0.251 e. The van der Waals surface area contributed by atoms with E-state index in [0.717, 1.165) is 5.56 Å². The number of nitrogens with one attached hydrogen (secondary N) is 2. The van der Waals surface area contributed by atoms with E-state index in [9.17, 15) is 14.0 Å². The quantitative estimate of drug-likeness (QED) is 0.592. The topological polar surface area (TPSA) is 67.4 Å². The molecule has 2 amide bonds. The first-order valence-corrected chi connectivity index (χ1v) is 8.14. The van der Waals surface area contributed by atoms with Crippen LogP contribution in [0.15, 0.2) is 48.5 Å². The van der Waals surface area contributed by atoms with Gasteiger partial charge in [0.1, 0.15) is 11.6 Å². The maximum absolute atomic E-state index is 13.5. The maximum atomic E-state index is 13.5. The highest BCUT2D eigenvalue weighted by atomic mass is 19.1. The molecule has 0 heterocycles. The van der Waals surface area contributed by atoms with E-state index in [4.69, 9.17) is 4.74 Å². The van der Waals surface area contributed by atoms with Crippen LogP contribution in [0.4, 0.5) is 4.39 Å². The van der Waals surface area contributed by atoms with Crippen LogP contribution in [0.25, 0.3) is 6.08 Å². The largest absolute Gasteiger partial charge is 0.496 e. The summed E-state index contributed by atoms with van der Waals surface area (Å²) < 4.78 is 18.7. The molecule has 0 saturated carbocycles. The fourth-order valence-corrected chi connectivity index (χ4v) is 2.23. The molecule has 136 valence electrons. The van der Waals surface area contributed by atoms with E-state index in [1.54, 1.807) is 38.3 Å². The van der Waals surface area contributed by atoms with Crippen molar-refractivity contribution in [1.29, 1.82) is 0 Å². The van der Waals surface area contributed by atoms with E-state index in [1.165, 1.54) is 12.1 Å². The van der Waals surface area contributed by atoms with Crippen LogP contribution in [-0.2, 0) is 4.79 Å². The second kappa shape index (κ2) is 9.36. The number of methoxy groups -OCH3 is 1. The molecule has 0 aliphatic rings. The molecule has 6 heteroatoms. The summed E-state index contributed by atoms with van der Waals surface area (Å²) in [5.74, 6) is -0.421. The molecule has 2 aromatic carbocycles. The van der Waals surface area contributed by atoms with E-state index in [1.807, 2.05) is 18.2 Å². The first kappa shape index (κ1) is 19.2. The van der Waals surface area contributed by atoms with Crippen molar-refractivity contribution < 1.29 is 18.7 Å². The Balaban J connectivity index is 1.77. The average molecular weight is 356 g/mol. The van der Waals surface area contributed by atoms with Crippen LogP contribution >= 0.6 is 0 Å². The SMILES string of the molecule is COc1ccccc1/C=C/C(=O)NCCNC(=O)c1ccc(C)c(F)c1. The number of amides is 2. The highest BCUT2D eigenvalue weighted by Gasteiger charge is 2.07. The first-order valence-electron chi connectivity index (χ1n) is 8.14. The van der Waals surface area contributed by atoms with Crippen molar-refractivity contribution in [2.75, 3.05) is 20.2 Å². The average Bonchev–Trinajstić information content (AvgIpc) is 2.65. The Labute approximate surface area is 151 Å². The van der Waals surface area contributed by atoms with Gasteiger partial charge in [-0.15, -0.1) is 0 Å². The van der Waals surface area contributed by atoms with Gasteiger partial charge < -0.3 is 15.4 Å². The standard InChI is InChI=1S/C20H21FN2O3/c1-14-7-8-16(13-17(14)21)20(25)23-12-11-22-19(24)10-9-15-5-3-4-6-18(15)26-2/h3-10,13H,11-12H2,1-2H3,(H,22,24)(H,23,25)/b10-9+. The lowest BCUT2D eigenvalue weighted by molar-refractivity contribution is -0.116. The number of benzene rings is 2. The summed E-state index contributed by atoms with van der Waals surface area (Å²) >= 11 is 0. The van der Waals surface area contributed by atoms with Gasteiger partial charge in [0, 0.05) is 30.3 Å². The van der Waals surface area contributed by atoms with Crippen molar-refractivity contribution >= 4 is 17.9 Å². The van der Waals surface area contributed by atoms with E-state index in [0.29, 0.717) is 11.3 Å². The number of carbonyl (C=O) groups is 2. The van der Waals surface area contributed by atoms with Gasteiger partial charge in [-0.3, -0.25) is 9.59 Å². The van der Waals surface area contributed by atoms with Crippen molar-refractivity contribution in [1.82, 2.24) is 10.6 Å². The summed E-state index contributed by atoms with van der Waals surface area (Å²) in [6.07, 6.45) is 3.05. The monoisotopic (exact) mass is 356 g/mol. The Morgan fingerprint density at radius 3 is 2.58 bits per heavy atom. The zero-order valence-corrected chi connectivity index (χ0v) is 14.7. The Morgan fingerprint density at radius 1 is 1.12 bits per heavy atom. The normalized spacial score (nSPS) is 10.6. The van der Waals surface area contributed by atoms with E-state index < -0.39 is 5.82 Å². The molecular weight excluding hydrogens is 335 g/mol. The molecule has 0 aromatic heterocycles. The number of aryl methyl sites for hydroxylation is 1. The summed E-state index contributed by atoms with van der Waals surface area (Å²) in [6.45, 7) is 2.13. The van der Waals surface area contributed by atoms with Crippen molar-refractivity contribution in [3.63, 3.8) is 0 Å². The van der Waals surface area contributed by atoms with Gasteiger partial charge in [-0.25, -0.2) is 4.39 Å². The molecule has 0 aliphatic heterocycles. The van der Waals surface area contributed by atoms with Crippen LogP contribution in [0.5, 0.6) is 5.75 Å². The summed E-state index contributed by atoms with van der Waals surface area (Å²) in [6, 6.07) is 11.6. The lowest BCUT2D eigenvalue weighted by atomic mass is 10.1. The van der Waals surface area contributed by atoms with Crippen LogP contribution in [0.1, 0.15) is 21.5 Å². The summed E-state index contributed by atoms with van der Waals surface area (Å²) in [7, 11) is 1.56. The number of hydrogen-bond acceptors (Lipinski definition) is 3. The zero-order chi connectivity index (χ0) is 18.9. The van der Waals surface area contributed by atoms with Gasteiger partial charge in [0.25, 0.3) is 5.91 Å². The predicted molar refractivity (Wildman–Crippen MR) is 98.5 cm³/mol. The molecule has 0 radical (unpaired) electrons. The maximum Gasteiger partial charge on any atom is 0.251 e. The molecule has 0 fully saturated rings. The molecule has 5 nitrogen and oxygen atoms in total. The molecule has 0 unspecified atom stereocenters. The Kier molecular flexibility index (Phi) is 6.91. The van der Waals surface area contributed by atoms with Gasteiger partial charge in [0.2, 0.25) is 5.91 Å². The van der Waals surface area contributed by atoms with Gasteiger partial charge in [-0.1, -0.05) is 24.3 Å². The van der Waals surface area contributed by atoms with Crippen LogP contribution in [-0.4, -0.2) is 32.0 Å². The number of halogens is 1. The lowest BCUT2D eigenvalue weighted by Crippen LogP contribution is -2.34. The Bertz CT molecular complexity index is 818. The first-order chi connectivity index (χ1) is 12.5. The molecule has 26 heavy (non-hydrogen) atoms. The highest BCUT2D eigenvalue weighted by Crippen LogP contribution is 2.18. The third kappa shape index (κ3) is 5.44. The minimum Gasteiger partial charge on any atom is -0.496 e. The second-order valence-electron chi connectivity index (χ2n) is 5.59. The van der Waals surface area contributed by atoms with Gasteiger partial charge in [0.05, 0.1) is 7.11 Å². The summed E-state index contributed by atoms with van der Waals surface area (Å²) in [5.41, 5.74) is 1.52. The molecule has 0 bridgehead atoms. The molecule has 2 aromatic rings. The molecular formula is C20H21FN2O3. The third-order valence-corrected chi connectivity index (χ3v) is 3.70. The molecule has 2 N–H and O–H groups in total. The summed E-state index contributed by atoms with van der Waals surface area (Å²) in [4.78, 5) is 23.7. The van der Waals surface area contributed by atoms with Crippen LogP contribution in [0.2, 0.25) is 0 Å². The minimum atomic E-state index is -0.424. The predicted octanol–water partition coefficient (Wildman–Crippen LogP) is 2.70. The number of ether oxygens (including phenoxy) is 1. The van der Waals surface area contributed by atoms with Crippen molar-refractivity contribution in [3.05, 3.63) is 71.0 Å². The number of carbonyl (C=O) groups excluding carboxylic acids is 2. The zero-order valence-electron chi connectivity index (χ0n) is 14.7. The number of para-hydroxylation sites is 1. The van der Waals surface area contributed by atoms with E-state index in [-0.39, 0.29) is 30.5 Å². The van der Waals surface area contributed by atoms with Gasteiger partial charge in [-0.2, -0.15) is 0 Å². The van der Waals surface area contributed by atoms with Crippen LogP contribution in [0.3, 0.4) is 0 Å². The second-order valence-corrected chi connectivity index (χ2v) is 5.59. The van der Waals surface area contributed by atoms with Crippen LogP contribution in [0, 0.1) is 12.7 Å². The number of hydrogen-bond donors (Lipinski definition) is 2. The Morgan fingerprint density at radius 2 is 1.85 bits per heavy atom. The highest BCUT2D eigenvalue weighted by molar-refractivity contribution is 5.94. The van der Waals surface area contributed by atoms with Crippen molar-refractivity contribution in [3.8, 4) is 5.75 Å². The van der Waals surface area contributed by atoms with Crippen molar-refractivity contribution in [2.45, 2.75) is 6.92 Å². The van der Waals surface area contributed by atoms with E-state index in [2.05, 4.69) is 10.6 Å². The Hall–Kier alpha value is -3.15. The lowest BCUT2D eigenvalue weighted by Gasteiger charge is -2.07. The van der Waals surface area contributed by atoms with Gasteiger partial charge in [0.15, 0.2) is 0 Å². The molecule has 0 saturated heterocycles. The fourth-order valence-electron chi connectivity index (χ4n) is 2.23. The molecule has 0 atom stereocenters. The molecule has 2 rings (SSSR count). The summed E-state index contributed by atoms with van der Waals surface area (Å²) in [5, 5.41) is 5.29. The minimum absolute atomic E-state index is 0.239. The van der Waals surface area contributed by atoms with Gasteiger partial charge >= 0.3 is 0 Å². The van der Waals surface area contributed by atoms with E-state index >= 15 is 0 Å². The van der Waals surface area contributed by atoms with Gasteiger partial charge in [-0.05, 0) is 36.8 Å². The van der Waals surface area contributed by atoms with Crippen LogP contribution < -0.4 is 15.4 Å². The molecule has 0 spiro atoms. The molecule has 0 aliphatic carbocycles. The fraction of sp³-hybridized carbons (Fsp3) is 0.200. The third-order valence-electron chi connectivity index (χ3n) is 3.70. The number of rotatable bonds is 7. The van der Waals surface area contributed by atoms with Crippen molar-refractivity contribution in [2.24, 2.45) is 0 Å².